The number of rotatable bonds is 4. The molecule has 4 aliphatic rings. The van der Waals surface area contributed by atoms with Crippen molar-refractivity contribution in [1.29, 1.82) is 0 Å². The first-order valence-corrected chi connectivity index (χ1v) is 7.04. The van der Waals surface area contributed by atoms with Crippen LogP contribution in [0.25, 0.3) is 0 Å². The molecule has 0 aromatic carbocycles. The van der Waals surface area contributed by atoms with E-state index >= 15 is 0 Å². The fourth-order valence-electron chi connectivity index (χ4n) is 4.36. The van der Waals surface area contributed by atoms with Crippen LogP contribution < -0.4 is 5.73 Å². The number of fused-ring (bicyclic) bond motifs is 1. The van der Waals surface area contributed by atoms with E-state index in [9.17, 15) is 14.4 Å². The summed E-state index contributed by atoms with van der Waals surface area (Å²) < 4.78 is 5.58. The summed E-state index contributed by atoms with van der Waals surface area (Å²) in [5.41, 5.74) is 4.32. The smallest absolute Gasteiger partial charge is 0.313 e. The monoisotopic (exact) mass is 277 g/mol. The molecule has 1 heterocycles. The number of primary amides is 1. The highest BCUT2D eigenvalue weighted by Gasteiger charge is 2.75. The molecule has 20 heavy (non-hydrogen) atoms. The van der Waals surface area contributed by atoms with Crippen LogP contribution >= 0.6 is 0 Å². The highest BCUT2D eigenvalue weighted by molar-refractivity contribution is 6.02. The SMILES string of the molecule is C/C(=C\C(=O)C[C@]12C(=O)O[C@]3(C)CC[C@H]1C[C@H]23)C(N)=O. The number of hydrogen-bond acceptors (Lipinski definition) is 4. The predicted octanol–water partition coefficient (Wildman–Crippen LogP) is 1.11. The van der Waals surface area contributed by atoms with Crippen molar-refractivity contribution < 1.29 is 19.1 Å². The summed E-state index contributed by atoms with van der Waals surface area (Å²) in [5.74, 6) is -0.644. The predicted molar refractivity (Wildman–Crippen MR) is 70.3 cm³/mol. The van der Waals surface area contributed by atoms with Crippen molar-refractivity contribution in [2.75, 3.05) is 0 Å². The van der Waals surface area contributed by atoms with Crippen LogP contribution in [0.15, 0.2) is 11.6 Å². The van der Waals surface area contributed by atoms with Gasteiger partial charge in [0.1, 0.15) is 5.60 Å². The van der Waals surface area contributed by atoms with Crippen LogP contribution in [0.5, 0.6) is 0 Å². The van der Waals surface area contributed by atoms with Gasteiger partial charge >= 0.3 is 5.97 Å². The second kappa shape index (κ2) is 3.93. The third-order valence-corrected chi connectivity index (χ3v) is 5.54. The minimum Gasteiger partial charge on any atom is -0.459 e. The molecule has 3 saturated carbocycles. The molecule has 4 bridgehead atoms. The molecule has 0 aromatic rings. The molecule has 0 aromatic heterocycles. The summed E-state index contributed by atoms with van der Waals surface area (Å²) in [6.07, 6.45) is 4.19. The maximum Gasteiger partial charge on any atom is 0.313 e. The molecule has 0 spiro atoms. The maximum absolute atomic E-state index is 12.3. The lowest BCUT2D eigenvalue weighted by molar-refractivity contribution is -0.157. The van der Waals surface area contributed by atoms with Gasteiger partial charge in [0.15, 0.2) is 5.78 Å². The maximum atomic E-state index is 12.3. The molecule has 3 aliphatic carbocycles. The van der Waals surface area contributed by atoms with Crippen molar-refractivity contribution in [2.24, 2.45) is 23.0 Å². The van der Waals surface area contributed by atoms with Crippen molar-refractivity contribution in [3.05, 3.63) is 11.6 Å². The summed E-state index contributed by atoms with van der Waals surface area (Å²) in [6.45, 7) is 3.48. The van der Waals surface area contributed by atoms with Crippen molar-refractivity contribution in [1.82, 2.24) is 0 Å². The van der Waals surface area contributed by atoms with Gasteiger partial charge in [-0.1, -0.05) is 0 Å². The quantitative estimate of drug-likeness (QED) is 0.616. The Balaban J connectivity index is 1.84. The number of hydrogen-bond donors (Lipinski definition) is 1. The first-order valence-electron chi connectivity index (χ1n) is 7.04. The third-order valence-electron chi connectivity index (χ3n) is 5.54. The fraction of sp³-hybridized carbons (Fsp3) is 0.667. The Morgan fingerprint density at radius 3 is 2.80 bits per heavy atom. The Hall–Kier alpha value is -1.65. The minimum absolute atomic E-state index is 0.140. The highest BCUT2D eigenvalue weighted by atomic mass is 16.6. The van der Waals surface area contributed by atoms with E-state index in [-0.39, 0.29) is 35.6 Å². The highest BCUT2D eigenvalue weighted by Crippen LogP contribution is 2.70. The summed E-state index contributed by atoms with van der Waals surface area (Å²) in [4.78, 5) is 35.4. The third kappa shape index (κ3) is 1.52. The van der Waals surface area contributed by atoms with Gasteiger partial charge in [-0.15, -0.1) is 0 Å². The molecule has 108 valence electrons. The molecular weight excluding hydrogens is 258 g/mol. The number of esters is 1. The van der Waals surface area contributed by atoms with Crippen LogP contribution in [0.3, 0.4) is 0 Å². The van der Waals surface area contributed by atoms with Gasteiger partial charge in [-0.2, -0.15) is 0 Å². The van der Waals surface area contributed by atoms with Gasteiger partial charge < -0.3 is 10.5 Å². The zero-order valence-electron chi connectivity index (χ0n) is 11.8. The summed E-state index contributed by atoms with van der Waals surface area (Å²) in [6, 6.07) is 0. The molecule has 1 saturated heterocycles. The lowest BCUT2D eigenvalue weighted by Gasteiger charge is -2.56. The lowest BCUT2D eigenvalue weighted by atomic mass is 9.43. The van der Waals surface area contributed by atoms with E-state index in [1.807, 2.05) is 6.92 Å². The van der Waals surface area contributed by atoms with E-state index in [0.717, 1.165) is 19.3 Å². The van der Waals surface area contributed by atoms with E-state index in [0.29, 0.717) is 0 Å². The normalized spacial score (nSPS) is 41.9. The summed E-state index contributed by atoms with van der Waals surface area (Å²) in [5, 5.41) is 0. The Kier molecular flexibility index (Phi) is 2.62. The van der Waals surface area contributed by atoms with Gasteiger partial charge in [0.2, 0.25) is 5.91 Å². The van der Waals surface area contributed by atoms with Crippen molar-refractivity contribution >= 4 is 17.7 Å². The van der Waals surface area contributed by atoms with Gasteiger partial charge in [-0.05, 0) is 45.1 Å². The van der Waals surface area contributed by atoms with Gasteiger partial charge in [0.25, 0.3) is 0 Å². The van der Waals surface area contributed by atoms with Crippen LogP contribution in [0.4, 0.5) is 0 Å². The molecule has 2 N–H and O–H groups in total. The van der Waals surface area contributed by atoms with Crippen LogP contribution in [-0.2, 0) is 19.1 Å². The van der Waals surface area contributed by atoms with Crippen molar-refractivity contribution in [3.8, 4) is 0 Å². The van der Waals surface area contributed by atoms with E-state index in [1.165, 1.54) is 13.0 Å². The zero-order chi connectivity index (χ0) is 14.7. The van der Waals surface area contributed by atoms with Gasteiger partial charge in [-0.25, -0.2) is 0 Å². The topological polar surface area (TPSA) is 86.5 Å². The van der Waals surface area contributed by atoms with Gasteiger partial charge in [0.05, 0.1) is 5.41 Å². The van der Waals surface area contributed by atoms with E-state index in [4.69, 9.17) is 10.5 Å². The number of allylic oxidation sites excluding steroid dienone is 1. The van der Waals surface area contributed by atoms with Crippen LogP contribution in [0, 0.1) is 17.3 Å². The molecule has 5 heteroatoms. The molecule has 1 aliphatic heterocycles. The van der Waals surface area contributed by atoms with Crippen LogP contribution in [-0.4, -0.2) is 23.3 Å². The minimum atomic E-state index is -0.640. The standard InChI is InChI=1S/C15H19NO4/c1-8(12(16)18)5-10(17)7-15-9-3-4-14(2,11(15)6-9)20-13(15)19/h5,9,11H,3-4,6-7H2,1-2H3,(H2,16,18)/b8-5+/t9-,11-,14+,15-/m0/s1. The number of ether oxygens (including phenoxy) is 1. The zero-order valence-corrected chi connectivity index (χ0v) is 11.8. The second-order valence-corrected chi connectivity index (χ2v) is 6.60. The Labute approximate surface area is 117 Å². The first-order chi connectivity index (χ1) is 9.29. The molecule has 0 radical (unpaired) electrons. The van der Waals surface area contributed by atoms with E-state index < -0.39 is 16.9 Å². The lowest BCUT2D eigenvalue weighted by Crippen LogP contribution is -2.59. The number of carbonyl (C=O) groups excluding carboxylic acids is 3. The van der Waals surface area contributed by atoms with Crippen molar-refractivity contribution in [2.45, 2.75) is 45.1 Å². The van der Waals surface area contributed by atoms with Gasteiger partial charge in [-0.3, -0.25) is 14.4 Å². The summed E-state index contributed by atoms with van der Waals surface area (Å²) in [7, 11) is 0. The first kappa shape index (κ1) is 13.3. The van der Waals surface area contributed by atoms with Gasteiger partial charge in [0, 0.05) is 17.9 Å². The molecule has 4 rings (SSSR count). The molecule has 4 atom stereocenters. The largest absolute Gasteiger partial charge is 0.459 e. The number of nitrogens with two attached hydrogens (primary N) is 1. The fourth-order valence-corrected chi connectivity index (χ4v) is 4.36. The van der Waals surface area contributed by atoms with Crippen molar-refractivity contribution in [3.63, 3.8) is 0 Å². The Morgan fingerprint density at radius 1 is 1.50 bits per heavy atom. The number of carbonyl (C=O) groups is 3. The van der Waals surface area contributed by atoms with Crippen LogP contribution in [0.1, 0.15) is 39.5 Å². The molecule has 4 fully saturated rings. The average molecular weight is 277 g/mol. The average Bonchev–Trinajstić information content (AvgIpc) is 2.43. The molecule has 1 amide bonds. The molecular formula is C15H19NO4. The Bertz CT molecular complexity index is 550. The number of amides is 1. The van der Waals surface area contributed by atoms with Crippen LogP contribution in [0.2, 0.25) is 0 Å². The molecule has 0 unspecified atom stereocenters. The number of ketones is 1. The second-order valence-electron chi connectivity index (χ2n) is 6.60. The molecule has 5 nitrogen and oxygen atoms in total. The summed E-state index contributed by atoms with van der Waals surface area (Å²) >= 11 is 0. The van der Waals surface area contributed by atoms with E-state index in [2.05, 4.69) is 0 Å². The Morgan fingerprint density at radius 2 is 2.20 bits per heavy atom. The van der Waals surface area contributed by atoms with E-state index in [1.54, 1.807) is 0 Å².